The average molecular weight is 352 g/mol. The van der Waals surface area contributed by atoms with Crippen molar-refractivity contribution in [1.82, 2.24) is 0 Å². The van der Waals surface area contributed by atoms with Crippen LogP contribution in [0.2, 0.25) is 0 Å². The number of hydrogen-bond donors (Lipinski definition) is 1. The molecule has 1 aliphatic carbocycles. The second-order valence-corrected chi connectivity index (χ2v) is 7.91. The van der Waals surface area contributed by atoms with E-state index in [0.717, 1.165) is 43.8 Å². The van der Waals surface area contributed by atoms with Crippen molar-refractivity contribution >= 4 is 0 Å². The molecule has 3 fully saturated rings. The minimum Gasteiger partial charge on any atom is -0.457 e. The highest BCUT2D eigenvalue weighted by molar-refractivity contribution is 5.37. The first-order valence-corrected chi connectivity index (χ1v) is 9.82. The van der Waals surface area contributed by atoms with Crippen LogP contribution in [0.1, 0.15) is 50.5 Å². The molecule has 2 aromatic carbocycles. The lowest BCUT2D eigenvalue weighted by Gasteiger charge is -2.53. The van der Waals surface area contributed by atoms with Gasteiger partial charge < -0.3 is 14.6 Å². The van der Waals surface area contributed by atoms with E-state index in [2.05, 4.69) is 18.2 Å². The minimum absolute atomic E-state index is 0.144. The average Bonchev–Trinajstić information content (AvgIpc) is 2.71. The van der Waals surface area contributed by atoms with Gasteiger partial charge in [-0.15, -0.1) is 0 Å². The van der Waals surface area contributed by atoms with Gasteiger partial charge in [-0.3, -0.25) is 0 Å². The van der Waals surface area contributed by atoms with Gasteiger partial charge in [-0.25, -0.2) is 0 Å². The van der Waals surface area contributed by atoms with E-state index >= 15 is 0 Å². The fraction of sp³-hybridized carbons (Fsp3) is 0.478. The normalized spacial score (nSPS) is 27.4. The monoisotopic (exact) mass is 352 g/mol. The zero-order chi connectivity index (χ0) is 17.9. The molecular formula is C23H28O3. The molecule has 26 heavy (non-hydrogen) atoms. The molecule has 3 aliphatic rings. The molecular weight excluding hydrogens is 324 g/mol. The van der Waals surface area contributed by atoms with E-state index in [4.69, 9.17) is 14.6 Å². The predicted molar refractivity (Wildman–Crippen MR) is 102 cm³/mol. The third-order valence-electron chi connectivity index (χ3n) is 6.23. The van der Waals surface area contributed by atoms with E-state index in [1.165, 1.54) is 24.8 Å². The molecule has 138 valence electrons. The Labute approximate surface area is 156 Å². The number of fused-ring (bicyclic) bond motifs is 3. The second kappa shape index (κ2) is 7.42. The van der Waals surface area contributed by atoms with Crippen molar-refractivity contribution in [3.63, 3.8) is 0 Å². The maximum Gasteiger partial charge on any atom is 0.127 e. The summed E-state index contributed by atoms with van der Waals surface area (Å²) >= 11 is 0. The van der Waals surface area contributed by atoms with Gasteiger partial charge in [-0.05, 0) is 73.8 Å². The second-order valence-electron chi connectivity index (χ2n) is 7.91. The summed E-state index contributed by atoms with van der Waals surface area (Å²) in [6.07, 6.45) is 7.81. The minimum atomic E-state index is -0.144. The summed E-state index contributed by atoms with van der Waals surface area (Å²) in [5, 5.41) is 9.04. The number of unbranched alkanes of at least 4 members (excludes halogenated alkanes) is 1. The molecule has 0 aromatic heterocycles. The van der Waals surface area contributed by atoms with E-state index in [9.17, 15) is 0 Å². The SMILES string of the molecule is OCCCCC12CCC(c3cccc(Oc4ccccc4)c3)(CC1)OC2. The first kappa shape index (κ1) is 17.6. The van der Waals surface area contributed by atoms with Crippen LogP contribution in [-0.2, 0) is 10.3 Å². The van der Waals surface area contributed by atoms with Gasteiger partial charge in [0, 0.05) is 6.61 Å². The summed E-state index contributed by atoms with van der Waals surface area (Å²) in [7, 11) is 0. The lowest BCUT2D eigenvalue weighted by molar-refractivity contribution is -0.192. The molecule has 0 atom stereocenters. The smallest absolute Gasteiger partial charge is 0.127 e. The molecule has 2 aliphatic heterocycles. The standard InChI is InChI=1S/C23H28O3/c24-16-5-4-11-22-12-14-23(15-13-22,25-18-22)19-7-6-10-21(17-19)26-20-8-2-1-3-9-20/h1-3,6-10,17,24H,4-5,11-16,18H2. The van der Waals surface area contributed by atoms with Gasteiger partial charge in [0.05, 0.1) is 12.2 Å². The third kappa shape index (κ3) is 3.51. The predicted octanol–water partition coefficient (Wildman–Crippen LogP) is 5.43. The van der Waals surface area contributed by atoms with Gasteiger partial charge in [0.15, 0.2) is 0 Å². The Kier molecular flexibility index (Phi) is 5.01. The van der Waals surface area contributed by atoms with E-state index in [0.29, 0.717) is 12.0 Å². The highest BCUT2D eigenvalue weighted by atomic mass is 16.5. The van der Waals surface area contributed by atoms with Crippen LogP contribution in [0.3, 0.4) is 0 Å². The molecule has 2 saturated heterocycles. The number of rotatable bonds is 7. The van der Waals surface area contributed by atoms with Crippen molar-refractivity contribution in [3.8, 4) is 11.5 Å². The Morgan fingerprint density at radius 3 is 2.35 bits per heavy atom. The lowest BCUT2D eigenvalue weighted by atomic mass is 9.62. The Hall–Kier alpha value is -1.84. The van der Waals surface area contributed by atoms with Crippen molar-refractivity contribution in [1.29, 1.82) is 0 Å². The summed E-state index contributed by atoms with van der Waals surface area (Å²) in [6.45, 7) is 1.15. The Morgan fingerprint density at radius 2 is 1.65 bits per heavy atom. The van der Waals surface area contributed by atoms with Crippen molar-refractivity contribution in [2.75, 3.05) is 13.2 Å². The van der Waals surface area contributed by atoms with E-state index in [-0.39, 0.29) is 5.60 Å². The largest absolute Gasteiger partial charge is 0.457 e. The van der Waals surface area contributed by atoms with Crippen LogP contribution in [0.25, 0.3) is 0 Å². The number of hydrogen-bond acceptors (Lipinski definition) is 3. The highest BCUT2D eigenvalue weighted by Gasteiger charge is 2.50. The van der Waals surface area contributed by atoms with Crippen molar-refractivity contribution < 1.29 is 14.6 Å². The van der Waals surface area contributed by atoms with Crippen LogP contribution in [-0.4, -0.2) is 18.3 Å². The molecule has 0 unspecified atom stereocenters. The van der Waals surface area contributed by atoms with E-state index < -0.39 is 0 Å². The van der Waals surface area contributed by atoms with Crippen molar-refractivity contribution in [3.05, 3.63) is 60.2 Å². The summed E-state index contributed by atoms with van der Waals surface area (Å²) in [5.41, 5.74) is 1.44. The number of aliphatic hydroxyl groups excluding tert-OH is 1. The highest BCUT2D eigenvalue weighted by Crippen LogP contribution is 2.55. The fourth-order valence-corrected chi connectivity index (χ4v) is 4.54. The number of benzene rings is 2. The summed E-state index contributed by atoms with van der Waals surface area (Å²) in [6, 6.07) is 18.3. The van der Waals surface area contributed by atoms with Gasteiger partial charge in [0.1, 0.15) is 11.5 Å². The van der Waals surface area contributed by atoms with E-state index in [1.807, 2.05) is 36.4 Å². The van der Waals surface area contributed by atoms with Gasteiger partial charge in [0.25, 0.3) is 0 Å². The topological polar surface area (TPSA) is 38.7 Å². The summed E-state index contributed by atoms with van der Waals surface area (Å²) in [4.78, 5) is 0. The zero-order valence-corrected chi connectivity index (χ0v) is 15.3. The van der Waals surface area contributed by atoms with Crippen LogP contribution in [0.15, 0.2) is 54.6 Å². The summed E-state index contributed by atoms with van der Waals surface area (Å²) < 4.78 is 12.5. The first-order valence-electron chi connectivity index (χ1n) is 9.82. The maximum absolute atomic E-state index is 9.04. The molecule has 2 bridgehead atoms. The molecule has 2 heterocycles. The van der Waals surface area contributed by atoms with Gasteiger partial charge in [-0.1, -0.05) is 36.8 Å². The van der Waals surface area contributed by atoms with E-state index in [1.54, 1.807) is 0 Å². The van der Waals surface area contributed by atoms with Crippen LogP contribution >= 0.6 is 0 Å². The molecule has 5 rings (SSSR count). The molecule has 0 spiro atoms. The quantitative estimate of drug-likeness (QED) is 0.676. The van der Waals surface area contributed by atoms with Crippen LogP contribution in [0.4, 0.5) is 0 Å². The van der Waals surface area contributed by atoms with Gasteiger partial charge in [0.2, 0.25) is 0 Å². The molecule has 0 radical (unpaired) electrons. The number of para-hydroxylation sites is 1. The Balaban J connectivity index is 1.46. The zero-order valence-electron chi connectivity index (χ0n) is 15.3. The number of aliphatic hydroxyl groups is 1. The van der Waals surface area contributed by atoms with Gasteiger partial charge >= 0.3 is 0 Å². The van der Waals surface area contributed by atoms with Crippen LogP contribution < -0.4 is 4.74 Å². The first-order chi connectivity index (χ1) is 12.7. The third-order valence-corrected chi connectivity index (χ3v) is 6.23. The fourth-order valence-electron chi connectivity index (χ4n) is 4.54. The Bertz CT molecular complexity index is 701. The molecule has 3 nitrogen and oxygen atoms in total. The molecule has 1 saturated carbocycles. The van der Waals surface area contributed by atoms with Gasteiger partial charge in [-0.2, -0.15) is 0 Å². The van der Waals surface area contributed by atoms with Crippen molar-refractivity contribution in [2.24, 2.45) is 5.41 Å². The molecule has 0 amide bonds. The maximum atomic E-state index is 9.04. The molecule has 2 aromatic rings. The Morgan fingerprint density at radius 1 is 0.885 bits per heavy atom. The molecule has 1 N–H and O–H groups in total. The van der Waals surface area contributed by atoms with Crippen molar-refractivity contribution in [2.45, 2.75) is 50.5 Å². The van der Waals surface area contributed by atoms with Crippen LogP contribution in [0, 0.1) is 5.41 Å². The molecule has 3 heteroatoms. The lowest BCUT2D eigenvalue weighted by Crippen LogP contribution is -2.49. The van der Waals surface area contributed by atoms with Crippen LogP contribution in [0.5, 0.6) is 11.5 Å². The summed E-state index contributed by atoms with van der Waals surface area (Å²) in [5.74, 6) is 1.73. The number of ether oxygens (including phenoxy) is 2.